The Morgan fingerprint density at radius 3 is 2.89 bits per heavy atom. The van der Waals surface area contributed by atoms with Crippen LogP contribution in [0.2, 0.25) is 0 Å². The highest BCUT2D eigenvalue weighted by Crippen LogP contribution is 2.02. The van der Waals surface area contributed by atoms with Gasteiger partial charge in [-0.3, -0.25) is 0 Å². The fourth-order valence-electron chi connectivity index (χ4n) is 1.61. The van der Waals surface area contributed by atoms with Crippen molar-refractivity contribution in [3.63, 3.8) is 0 Å². The summed E-state index contributed by atoms with van der Waals surface area (Å²) in [4.78, 5) is 11.5. The monoisotopic (exact) mass is 266 g/mol. The number of urea groups is 1. The van der Waals surface area contributed by atoms with Crippen molar-refractivity contribution >= 4 is 6.03 Å². The lowest BCUT2D eigenvalue weighted by Gasteiger charge is -2.08. The number of rotatable bonds is 8. The van der Waals surface area contributed by atoms with Gasteiger partial charge in [-0.05, 0) is 18.9 Å². The third kappa shape index (κ3) is 7.43. The first-order chi connectivity index (χ1) is 9.22. The lowest BCUT2D eigenvalue weighted by molar-refractivity contribution is 0.0910. The number of aliphatic hydroxyl groups excluding tert-OH is 1. The largest absolute Gasteiger partial charge is 0.394 e. The molecule has 0 heterocycles. The van der Waals surface area contributed by atoms with E-state index in [0.717, 1.165) is 12.0 Å². The Balaban J connectivity index is 2.08. The maximum absolute atomic E-state index is 11.5. The van der Waals surface area contributed by atoms with Crippen molar-refractivity contribution in [2.75, 3.05) is 26.4 Å². The minimum Gasteiger partial charge on any atom is -0.394 e. The van der Waals surface area contributed by atoms with Crippen LogP contribution in [0.15, 0.2) is 24.3 Å². The zero-order valence-corrected chi connectivity index (χ0v) is 11.3. The molecule has 0 spiro atoms. The molecular formula is C14H22N2O3. The van der Waals surface area contributed by atoms with Crippen LogP contribution in [-0.4, -0.2) is 37.5 Å². The van der Waals surface area contributed by atoms with Crippen LogP contribution in [0.1, 0.15) is 17.5 Å². The standard InChI is InChI=1S/C14H22N2O3/c1-12-4-2-5-13(10-12)11-16-14(18)15-6-3-8-19-9-7-17/h2,4-5,10,17H,3,6-9,11H2,1H3,(H2,15,16,18). The van der Waals surface area contributed by atoms with Crippen molar-refractivity contribution < 1.29 is 14.6 Å². The summed E-state index contributed by atoms with van der Waals surface area (Å²) in [5.74, 6) is 0. The minimum atomic E-state index is -0.177. The number of ether oxygens (including phenoxy) is 1. The molecule has 2 amide bonds. The summed E-state index contributed by atoms with van der Waals surface area (Å²) in [5, 5.41) is 14.1. The number of hydrogen-bond donors (Lipinski definition) is 3. The molecule has 0 aliphatic heterocycles. The second-order valence-electron chi connectivity index (χ2n) is 4.29. The topological polar surface area (TPSA) is 70.6 Å². The molecule has 1 rings (SSSR count). The fourth-order valence-corrected chi connectivity index (χ4v) is 1.61. The van der Waals surface area contributed by atoms with Crippen molar-refractivity contribution in [2.24, 2.45) is 0 Å². The molecule has 0 atom stereocenters. The maximum Gasteiger partial charge on any atom is 0.315 e. The summed E-state index contributed by atoms with van der Waals surface area (Å²) in [5.41, 5.74) is 2.27. The van der Waals surface area contributed by atoms with Crippen molar-refractivity contribution in [3.8, 4) is 0 Å². The van der Waals surface area contributed by atoms with Gasteiger partial charge in [-0.2, -0.15) is 0 Å². The smallest absolute Gasteiger partial charge is 0.315 e. The summed E-state index contributed by atoms with van der Waals surface area (Å²) in [6.07, 6.45) is 0.734. The highest BCUT2D eigenvalue weighted by Gasteiger charge is 1.99. The van der Waals surface area contributed by atoms with Crippen molar-refractivity contribution in [1.82, 2.24) is 10.6 Å². The highest BCUT2D eigenvalue weighted by molar-refractivity contribution is 5.73. The minimum absolute atomic E-state index is 0.0321. The molecule has 1 aromatic carbocycles. The van der Waals surface area contributed by atoms with E-state index in [-0.39, 0.29) is 12.6 Å². The van der Waals surface area contributed by atoms with Gasteiger partial charge in [0, 0.05) is 19.7 Å². The fraction of sp³-hybridized carbons (Fsp3) is 0.500. The molecule has 0 radical (unpaired) electrons. The Morgan fingerprint density at radius 1 is 1.32 bits per heavy atom. The maximum atomic E-state index is 11.5. The van der Waals surface area contributed by atoms with E-state index in [1.54, 1.807) is 0 Å². The molecule has 0 aliphatic rings. The molecule has 5 nitrogen and oxygen atoms in total. The first-order valence-corrected chi connectivity index (χ1v) is 6.48. The van der Waals surface area contributed by atoms with Gasteiger partial charge < -0.3 is 20.5 Å². The van der Waals surface area contributed by atoms with Crippen LogP contribution >= 0.6 is 0 Å². The summed E-state index contributed by atoms with van der Waals surface area (Å²) in [6, 6.07) is 7.85. The molecule has 0 aromatic heterocycles. The average Bonchev–Trinajstić information content (AvgIpc) is 2.40. The summed E-state index contributed by atoms with van der Waals surface area (Å²) in [6.45, 7) is 4.03. The number of hydrogen-bond acceptors (Lipinski definition) is 3. The van der Waals surface area contributed by atoms with Crippen molar-refractivity contribution in [1.29, 1.82) is 0 Å². The lowest BCUT2D eigenvalue weighted by Crippen LogP contribution is -2.35. The Morgan fingerprint density at radius 2 is 2.16 bits per heavy atom. The van der Waals surface area contributed by atoms with E-state index in [0.29, 0.717) is 26.3 Å². The van der Waals surface area contributed by atoms with E-state index in [4.69, 9.17) is 9.84 Å². The molecule has 19 heavy (non-hydrogen) atoms. The average molecular weight is 266 g/mol. The second-order valence-corrected chi connectivity index (χ2v) is 4.29. The predicted octanol–water partition coefficient (Wildman–Crippen LogP) is 1.19. The SMILES string of the molecule is Cc1cccc(CNC(=O)NCCCOCCO)c1. The molecule has 1 aromatic rings. The zero-order chi connectivity index (χ0) is 13.9. The van der Waals surface area contributed by atoms with E-state index in [1.165, 1.54) is 5.56 Å². The third-order valence-electron chi connectivity index (χ3n) is 2.52. The van der Waals surface area contributed by atoms with Crippen LogP contribution in [-0.2, 0) is 11.3 Å². The van der Waals surface area contributed by atoms with Gasteiger partial charge >= 0.3 is 6.03 Å². The van der Waals surface area contributed by atoms with Gasteiger partial charge in [0.1, 0.15) is 0 Å². The lowest BCUT2D eigenvalue weighted by atomic mass is 10.1. The number of nitrogens with one attached hydrogen (secondary N) is 2. The summed E-state index contributed by atoms with van der Waals surface area (Å²) < 4.78 is 5.09. The van der Waals surface area contributed by atoms with Gasteiger partial charge in [0.05, 0.1) is 13.2 Å². The molecule has 5 heteroatoms. The summed E-state index contributed by atoms with van der Waals surface area (Å²) in [7, 11) is 0. The molecule has 0 saturated carbocycles. The molecule has 0 saturated heterocycles. The Labute approximate surface area is 114 Å². The van der Waals surface area contributed by atoms with Crippen LogP contribution in [0.5, 0.6) is 0 Å². The van der Waals surface area contributed by atoms with Gasteiger partial charge in [-0.15, -0.1) is 0 Å². The van der Waals surface area contributed by atoms with Crippen molar-refractivity contribution in [2.45, 2.75) is 19.9 Å². The van der Waals surface area contributed by atoms with E-state index in [2.05, 4.69) is 10.6 Å². The van der Waals surface area contributed by atoms with Crippen molar-refractivity contribution in [3.05, 3.63) is 35.4 Å². The molecule has 0 aliphatic carbocycles. The predicted molar refractivity (Wildman–Crippen MR) is 73.9 cm³/mol. The van der Waals surface area contributed by atoms with E-state index in [1.807, 2.05) is 31.2 Å². The molecule has 3 N–H and O–H groups in total. The van der Waals surface area contributed by atoms with E-state index >= 15 is 0 Å². The summed E-state index contributed by atoms with van der Waals surface area (Å²) >= 11 is 0. The van der Waals surface area contributed by atoms with Gasteiger partial charge in [-0.1, -0.05) is 29.8 Å². The van der Waals surface area contributed by atoms with Crippen LogP contribution in [0.4, 0.5) is 4.79 Å². The number of aryl methyl sites for hydroxylation is 1. The second kappa shape index (κ2) is 9.35. The number of amides is 2. The first-order valence-electron chi connectivity index (χ1n) is 6.48. The van der Waals surface area contributed by atoms with Gasteiger partial charge in [0.2, 0.25) is 0 Å². The number of aliphatic hydroxyl groups is 1. The Hall–Kier alpha value is -1.59. The molecule has 0 fully saturated rings. The van der Waals surface area contributed by atoms with Crippen LogP contribution < -0.4 is 10.6 Å². The van der Waals surface area contributed by atoms with Gasteiger partial charge in [0.25, 0.3) is 0 Å². The Bertz CT molecular complexity index is 383. The number of benzene rings is 1. The van der Waals surface area contributed by atoms with E-state index < -0.39 is 0 Å². The van der Waals surface area contributed by atoms with E-state index in [9.17, 15) is 4.79 Å². The van der Waals surface area contributed by atoms with Crippen LogP contribution in [0.25, 0.3) is 0 Å². The molecule has 106 valence electrons. The van der Waals surface area contributed by atoms with Gasteiger partial charge in [-0.25, -0.2) is 4.79 Å². The molecule has 0 bridgehead atoms. The third-order valence-corrected chi connectivity index (χ3v) is 2.52. The first kappa shape index (κ1) is 15.5. The van der Waals surface area contributed by atoms with Crippen LogP contribution in [0, 0.1) is 6.92 Å². The number of carbonyl (C=O) groups excluding carboxylic acids is 1. The van der Waals surface area contributed by atoms with Crippen LogP contribution in [0.3, 0.4) is 0 Å². The highest BCUT2D eigenvalue weighted by atomic mass is 16.5. The quantitative estimate of drug-likeness (QED) is 0.619. The molecule has 0 unspecified atom stereocenters. The number of carbonyl (C=O) groups is 1. The Kier molecular flexibility index (Phi) is 7.62. The van der Waals surface area contributed by atoms with Gasteiger partial charge in [0.15, 0.2) is 0 Å². The zero-order valence-electron chi connectivity index (χ0n) is 11.3. The normalized spacial score (nSPS) is 10.2. The molecular weight excluding hydrogens is 244 g/mol.